The Kier molecular flexibility index (Phi) is 4.19. The van der Waals surface area contributed by atoms with Gasteiger partial charge in [0, 0.05) is 19.3 Å². The van der Waals surface area contributed by atoms with Gasteiger partial charge in [-0.3, -0.25) is 4.79 Å². The zero-order valence-electron chi connectivity index (χ0n) is 10.7. The van der Waals surface area contributed by atoms with Crippen LogP contribution in [0.15, 0.2) is 0 Å². The molecule has 104 valence electrons. The molecule has 0 aromatic carbocycles. The van der Waals surface area contributed by atoms with E-state index in [4.69, 9.17) is 10.5 Å². The van der Waals surface area contributed by atoms with Crippen molar-refractivity contribution < 1.29 is 9.53 Å². The molecule has 0 atom stereocenters. The summed E-state index contributed by atoms with van der Waals surface area (Å²) in [4.78, 5) is 12.3. The molecule has 1 heterocycles. The molecule has 5 heteroatoms. The van der Waals surface area contributed by atoms with Crippen molar-refractivity contribution in [1.29, 1.82) is 0 Å². The van der Waals surface area contributed by atoms with Crippen molar-refractivity contribution in [3.63, 3.8) is 0 Å². The normalized spacial score (nSPS) is 26.6. The molecule has 3 fully saturated rings. The largest absolute Gasteiger partial charge is 0.381 e. The number of carbonyl (C=O) groups is 1. The molecule has 3 N–H and O–H groups in total. The van der Waals surface area contributed by atoms with Crippen LogP contribution in [0.3, 0.4) is 0 Å². The van der Waals surface area contributed by atoms with Gasteiger partial charge in [-0.05, 0) is 50.4 Å². The molecule has 1 saturated heterocycles. The molecule has 2 aliphatic carbocycles. The Morgan fingerprint density at radius 1 is 1.17 bits per heavy atom. The molecule has 0 spiro atoms. The quantitative estimate of drug-likeness (QED) is 0.810. The Balaban J connectivity index is 0.00000120. The third kappa shape index (κ3) is 2.98. The number of amides is 1. The number of carbonyl (C=O) groups excluding carboxylic acids is 1. The fourth-order valence-electron chi connectivity index (χ4n) is 2.79. The van der Waals surface area contributed by atoms with Crippen LogP contribution in [-0.2, 0) is 9.53 Å². The first-order valence-electron chi connectivity index (χ1n) is 6.87. The van der Waals surface area contributed by atoms with Gasteiger partial charge in [0.2, 0.25) is 5.91 Å². The first kappa shape index (κ1) is 14.1. The van der Waals surface area contributed by atoms with Gasteiger partial charge in [-0.15, -0.1) is 12.4 Å². The molecule has 0 radical (unpaired) electrons. The summed E-state index contributed by atoms with van der Waals surface area (Å²) in [5, 5.41) is 3.23. The van der Waals surface area contributed by atoms with E-state index < -0.39 is 5.54 Å². The van der Waals surface area contributed by atoms with Crippen molar-refractivity contribution in [3.8, 4) is 0 Å². The molecule has 18 heavy (non-hydrogen) atoms. The van der Waals surface area contributed by atoms with Crippen LogP contribution in [0.1, 0.15) is 38.5 Å². The van der Waals surface area contributed by atoms with Crippen LogP contribution in [0.4, 0.5) is 0 Å². The van der Waals surface area contributed by atoms with Crippen molar-refractivity contribution >= 4 is 18.3 Å². The maximum Gasteiger partial charge on any atom is 0.240 e. The molecule has 3 rings (SSSR count). The van der Waals surface area contributed by atoms with E-state index in [1.807, 2.05) is 0 Å². The van der Waals surface area contributed by atoms with Gasteiger partial charge >= 0.3 is 0 Å². The van der Waals surface area contributed by atoms with Crippen LogP contribution < -0.4 is 11.1 Å². The van der Waals surface area contributed by atoms with E-state index in [1.165, 1.54) is 25.7 Å². The lowest BCUT2D eigenvalue weighted by molar-refractivity contribution is -0.130. The third-order valence-electron chi connectivity index (χ3n) is 4.39. The molecule has 1 aliphatic heterocycles. The molecule has 3 aliphatic rings. The summed E-state index contributed by atoms with van der Waals surface area (Å²) >= 11 is 0. The Morgan fingerprint density at radius 3 is 2.11 bits per heavy atom. The SMILES string of the molecule is Cl.NC1(C(=O)NC(C2CC2)C2CC2)CCOCC1. The minimum absolute atomic E-state index is 0. The Bertz CT molecular complexity index is 298. The van der Waals surface area contributed by atoms with Gasteiger partial charge in [0.05, 0.1) is 5.54 Å². The van der Waals surface area contributed by atoms with Crippen LogP contribution in [0, 0.1) is 11.8 Å². The summed E-state index contributed by atoms with van der Waals surface area (Å²) in [6, 6.07) is 0.408. The van der Waals surface area contributed by atoms with E-state index in [2.05, 4.69) is 5.32 Å². The van der Waals surface area contributed by atoms with Crippen molar-refractivity contribution in [3.05, 3.63) is 0 Å². The minimum atomic E-state index is -0.680. The first-order chi connectivity index (χ1) is 8.19. The highest BCUT2D eigenvalue weighted by Gasteiger charge is 2.45. The summed E-state index contributed by atoms with van der Waals surface area (Å²) in [5.74, 6) is 1.52. The lowest BCUT2D eigenvalue weighted by atomic mass is 9.89. The smallest absolute Gasteiger partial charge is 0.240 e. The van der Waals surface area contributed by atoms with E-state index >= 15 is 0 Å². The van der Waals surface area contributed by atoms with Crippen LogP contribution >= 0.6 is 12.4 Å². The highest BCUT2D eigenvalue weighted by atomic mass is 35.5. The van der Waals surface area contributed by atoms with Crippen LogP contribution in [0.2, 0.25) is 0 Å². The van der Waals surface area contributed by atoms with Crippen molar-refractivity contribution in [2.45, 2.75) is 50.1 Å². The Labute approximate surface area is 114 Å². The number of ether oxygens (including phenoxy) is 1. The van der Waals surface area contributed by atoms with Crippen molar-refractivity contribution in [2.75, 3.05) is 13.2 Å². The molecule has 0 aromatic rings. The summed E-state index contributed by atoms with van der Waals surface area (Å²) in [6.45, 7) is 1.23. The molecule has 1 amide bonds. The molecule has 2 saturated carbocycles. The lowest BCUT2D eigenvalue weighted by Crippen LogP contribution is -2.59. The van der Waals surface area contributed by atoms with Gasteiger partial charge in [0.15, 0.2) is 0 Å². The second-order valence-electron chi connectivity index (χ2n) is 5.94. The van der Waals surface area contributed by atoms with Crippen LogP contribution in [-0.4, -0.2) is 30.7 Å². The summed E-state index contributed by atoms with van der Waals surface area (Å²) in [5.41, 5.74) is 5.52. The van der Waals surface area contributed by atoms with Gasteiger partial charge in [0.25, 0.3) is 0 Å². The van der Waals surface area contributed by atoms with E-state index in [0.29, 0.717) is 32.1 Å². The summed E-state index contributed by atoms with van der Waals surface area (Å²) in [6.07, 6.45) is 6.43. The first-order valence-corrected chi connectivity index (χ1v) is 6.87. The second kappa shape index (κ2) is 5.35. The molecular weight excluding hydrogens is 252 g/mol. The number of rotatable bonds is 4. The van der Waals surface area contributed by atoms with Crippen LogP contribution in [0.5, 0.6) is 0 Å². The number of hydrogen-bond acceptors (Lipinski definition) is 3. The average molecular weight is 275 g/mol. The van der Waals surface area contributed by atoms with E-state index in [9.17, 15) is 4.79 Å². The topological polar surface area (TPSA) is 64.4 Å². The van der Waals surface area contributed by atoms with Crippen molar-refractivity contribution in [2.24, 2.45) is 17.6 Å². The van der Waals surface area contributed by atoms with Gasteiger partial charge < -0.3 is 15.8 Å². The monoisotopic (exact) mass is 274 g/mol. The summed E-state index contributed by atoms with van der Waals surface area (Å²) in [7, 11) is 0. The van der Waals surface area contributed by atoms with Gasteiger partial charge in [0.1, 0.15) is 0 Å². The standard InChI is InChI=1S/C13H22N2O2.ClH/c14-13(5-7-17-8-6-13)12(16)15-11(9-1-2-9)10-3-4-10;/h9-11H,1-8,14H2,(H,15,16);1H. The van der Waals surface area contributed by atoms with Gasteiger partial charge in [-0.25, -0.2) is 0 Å². The van der Waals surface area contributed by atoms with E-state index in [0.717, 1.165) is 11.8 Å². The zero-order valence-corrected chi connectivity index (χ0v) is 11.5. The third-order valence-corrected chi connectivity index (χ3v) is 4.39. The average Bonchev–Trinajstić information content (AvgIpc) is 3.17. The number of hydrogen-bond donors (Lipinski definition) is 2. The molecule has 0 bridgehead atoms. The predicted octanol–water partition coefficient (Wildman–Crippen LogP) is 1.22. The highest BCUT2D eigenvalue weighted by Crippen LogP contribution is 2.44. The number of halogens is 1. The molecule has 0 aromatic heterocycles. The lowest BCUT2D eigenvalue weighted by Gasteiger charge is -2.33. The predicted molar refractivity (Wildman–Crippen MR) is 71.6 cm³/mol. The highest BCUT2D eigenvalue weighted by molar-refractivity contribution is 5.86. The van der Waals surface area contributed by atoms with Gasteiger partial charge in [-0.2, -0.15) is 0 Å². The maximum absolute atomic E-state index is 12.3. The fourth-order valence-corrected chi connectivity index (χ4v) is 2.79. The second-order valence-corrected chi connectivity index (χ2v) is 5.94. The Hall–Kier alpha value is -0.320. The molecular formula is C13H23ClN2O2. The number of nitrogens with two attached hydrogens (primary N) is 1. The zero-order chi connectivity index (χ0) is 11.9. The van der Waals surface area contributed by atoms with Gasteiger partial charge in [-0.1, -0.05) is 0 Å². The van der Waals surface area contributed by atoms with E-state index in [-0.39, 0.29) is 18.3 Å². The maximum atomic E-state index is 12.3. The van der Waals surface area contributed by atoms with Crippen LogP contribution in [0.25, 0.3) is 0 Å². The summed E-state index contributed by atoms with van der Waals surface area (Å²) < 4.78 is 5.28. The Morgan fingerprint density at radius 2 is 1.67 bits per heavy atom. The van der Waals surface area contributed by atoms with Crippen molar-refractivity contribution in [1.82, 2.24) is 5.32 Å². The number of nitrogens with one attached hydrogen (secondary N) is 1. The fraction of sp³-hybridized carbons (Fsp3) is 0.923. The minimum Gasteiger partial charge on any atom is -0.381 e. The molecule has 0 unspecified atom stereocenters. The molecule has 4 nitrogen and oxygen atoms in total. The van der Waals surface area contributed by atoms with E-state index in [1.54, 1.807) is 0 Å².